The van der Waals surface area contributed by atoms with E-state index in [0.717, 1.165) is 11.4 Å². The van der Waals surface area contributed by atoms with E-state index in [0.29, 0.717) is 25.5 Å². The average molecular weight is 265 g/mol. The number of carboxylic acids is 1. The first-order valence-electron chi connectivity index (χ1n) is 6.50. The van der Waals surface area contributed by atoms with Crippen LogP contribution in [0.5, 0.6) is 5.88 Å². The Balaban J connectivity index is 2.28. The molecule has 2 heterocycles. The molecule has 0 radical (unpaired) electrons. The molecule has 0 bridgehead atoms. The molecule has 1 fully saturated rings. The number of rotatable bonds is 4. The molecule has 6 heteroatoms. The Labute approximate surface area is 112 Å². The molecular formula is C13H19N3O3. The van der Waals surface area contributed by atoms with Crippen LogP contribution in [-0.4, -0.2) is 40.2 Å². The van der Waals surface area contributed by atoms with Gasteiger partial charge in [0.05, 0.1) is 18.1 Å². The number of hydrogen-bond donors (Lipinski definition) is 1. The summed E-state index contributed by atoms with van der Waals surface area (Å²) in [6.45, 7) is 6.97. The maximum atomic E-state index is 11.2. The molecule has 1 aromatic rings. The van der Waals surface area contributed by atoms with Gasteiger partial charge in [0.25, 0.3) is 0 Å². The molecule has 0 amide bonds. The Morgan fingerprint density at radius 1 is 1.58 bits per heavy atom. The van der Waals surface area contributed by atoms with Crippen LogP contribution in [0.2, 0.25) is 0 Å². The molecule has 1 aliphatic rings. The average Bonchev–Trinajstić information content (AvgIpc) is 2.74. The predicted molar refractivity (Wildman–Crippen MR) is 70.5 cm³/mol. The van der Waals surface area contributed by atoms with Gasteiger partial charge in [-0.1, -0.05) is 0 Å². The first kappa shape index (κ1) is 13.6. The lowest BCUT2D eigenvalue weighted by Gasteiger charge is -2.26. The van der Waals surface area contributed by atoms with Crippen molar-refractivity contribution >= 4 is 11.8 Å². The van der Waals surface area contributed by atoms with Crippen molar-refractivity contribution < 1.29 is 14.6 Å². The van der Waals surface area contributed by atoms with Crippen molar-refractivity contribution in [3.63, 3.8) is 0 Å². The van der Waals surface area contributed by atoms with Crippen LogP contribution in [-0.2, 0) is 4.79 Å². The topological polar surface area (TPSA) is 75.6 Å². The lowest BCUT2D eigenvalue weighted by Crippen LogP contribution is -2.34. The molecule has 0 aliphatic carbocycles. The van der Waals surface area contributed by atoms with E-state index in [4.69, 9.17) is 4.74 Å². The molecular weight excluding hydrogens is 246 g/mol. The van der Waals surface area contributed by atoms with Crippen molar-refractivity contribution in [2.75, 3.05) is 18.1 Å². The van der Waals surface area contributed by atoms with Crippen molar-refractivity contribution in [3.05, 3.63) is 11.9 Å². The summed E-state index contributed by atoms with van der Waals surface area (Å²) in [5.74, 6) is 0.254. The highest BCUT2D eigenvalue weighted by molar-refractivity contribution is 5.73. The maximum Gasteiger partial charge on any atom is 0.308 e. The van der Waals surface area contributed by atoms with Gasteiger partial charge in [0, 0.05) is 12.6 Å². The Kier molecular flexibility index (Phi) is 3.87. The lowest BCUT2D eigenvalue weighted by molar-refractivity contribution is -0.141. The lowest BCUT2D eigenvalue weighted by atomic mass is 10.0. The Morgan fingerprint density at radius 2 is 2.32 bits per heavy atom. The van der Waals surface area contributed by atoms with E-state index in [1.807, 2.05) is 25.7 Å². The summed E-state index contributed by atoms with van der Waals surface area (Å²) < 4.78 is 5.45. The zero-order chi connectivity index (χ0) is 14.0. The third kappa shape index (κ3) is 2.47. The van der Waals surface area contributed by atoms with Crippen LogP contribution in [0.1, 0.15) is 25.8 Å². The number of ether oxygens (including phenoxy) is 1. The third-order valence-corrected chi connectivity index (χ3v) is 3.64. The van der Waals surface area contributed by atoms with Crippen LogP contribution in [0, 0.1) is 12.8 Å². The minimum atomic E-state index is -0.744. The summed E-state index contributed by atoms with van der Waals surface area (Å²) in [6.07, 6.45) is 2.11. The van der Waals surface area contributed by atoms with Crippen LogP contribution in [0.3, 0.4) is 0 Å². The SMILES string of the molecule is CCOc1ncnc(N2CCC(C(=O)O)C2C)c1C. The third-order valence-electron chi connectivity index (χ3n) is 3.64. The second kappa shape index (κ2) is 5.42. The molecule has 0 saturated carbocycles. The molecule has 1 aliphatic heterocycles. The maximum absolute atomic E-state index is 11.2. The normalized spacial score (nSPS) is 22.6. The van der Waals surface area contributed by atoms with E-state index in [-0.39, 0.29) is 12.0 Å². The zero-order valence-corrected chi connectivity index (χ0v) is 11.5. The highest BCUT2D eigenvalue weighted by Gasteiger charge is 2.37. The van der Waals surface area contributed by atoms with E-state index in [1.165, 1.54) is 6.33 Å². The molecule has 19 heavy (non-hydrogen) atoms. The van der Waals surface area contributed by atoms with Gasteiger partial charge in [0.1, 0.15) is 12.1 Å². The Hall–Kier alpha value is -1.85. The van der Waals surface area contributed by atoms with Crippen molar-refractivity contribution in [1.29, 1.82) is 0 Å². The quantitative estimate of drug-likeness (QED) is 0.888. The molecule has 1 N–H and O–H groups in total. The number of hydrogen-bond acceptors (Lipinski definition) is 5. The van der Waals surface area contributed by atoms with E-state index in [9.17, 15) is 9.90 Å². The molecule has 2 rings (SSSR count). The van der Waals surface area contributed by atoms with Gasteiger partial charge in [-0.05, 0) is 27.2 Å². The van der Waals surface area contributed by atoms with Crippen molar-refractivity contribution in [1.82, 2.24) is 9.97 Å². The van der Waals surface area contributed by atoms with Gasteiger partial charge in [-0.15, -0.1) is 0 Å². The monoisotopic (exact) mass is 265 g/mol. The van der Waals surface area contributed by atoms with Crippen LogP contribution >= 0.6 is 0 Å². The van der Waals surface area contributed by atoms with Gasteiger partial charge in [-0.2, -0.15) is 0 Å². The predicted octanol–water partition coefficient (Wildman–Crippen LogP) is 1.48. The summed E-state index contributed by atoms with van der Waals surface area (Å²) in [5, 5.41) is 9.17. The summed E-state index contributed by atoms with van der Waals surface area (Å²) in [7, 11) is 0. The molecule has 2 atom stereocenters. The minimum absolute atomic E-state index is 0.0689. The van der Waals surface area contributed by atoms with Crippen LogP contribution in [0.4, 0.5) is 5.82 Å². The number of aromatic nitrogens is 2. The van der Waals surface area contributed by atoms with Gasteiger partial charge < -0.3 is 14.7 Å². The summed E-state index contributed by atoms with van der Waals surface area (Å²) >= 11 is 0. The number of carbonyl (C=O) groups is 1. The van der Waals surface area contributed by atoms with E-state index in [1.54, 1.807) is 0 Å². The van der Waals surface area contributed by atoms with E-state index in [2.05, 4.69) is 9.97 Å². The fourth-order valence-corrected chi connectivity index (χ4v) is 2.57. The van der Waals surface area contributed by atoms with Crippen molar-refractivity contribution in [3.8, 4) is 5.88 Å². The van der Waals surface area contributed by atoms with Crippen LogP contribution < -0.4 is 9.64 Å². The highest BCUT2D eigenvalue weighted by Crippen LogP contribution is 2.32. The van der Waals surface area contributed by atoms with Gasteiger partial charge in [0.2, 0.25) is 5.88 Å². The molecule has 2 unspecified atom stereocenters. The van der Waals surface area contributed by atoms with Gasteiger partial charge >= 0.3 is 5.97 Å². The molecule has 0 aromatic carbocycles. The van der Waals surface area contributed by atoms with Gasteiger partial charge in [-0.25, -0.2) is 9.97 Å². The zero-order valence-electron chi connectivity index (χ0n) is 11.5. The summed E-state index contributed by atoms with van der Waals surface area (Å²) in [6, 6.07) is -0.0689. The number of carboxylic acid groups (broad SMARTS) is 1. The highest BCUT2D eigenvalue weighted by atomic mass is 16.5. The minimum Gasteiger partial charge on any atom is -0.481 e. The second-order valence-electron chi connectivity index (χ2n) is 4.73. The number of nitrogens with zero attached hydrogens (tertiary/aromatic N) is 3. The largest absolute Gasteiger partial charge is 0.481 e. The fourth-order valence-electron chi connectivity index (χ4n) is 2.57. The van der Waals surface area contributed by atoms with Crippen molar-refractivity contribution in [2.45, 2.75) is 33.2 Å². The van der Waals surface area contributed by atoms with E-state index >= 15 is 0 Å². The Bertz CT molecular complexity index is 478. The first-order chi connectivity index (χ1) is 9.06. The van der Waals surface area contributed by atoms with E-state index < -0.39 is 5.97 Å². The first-order valence-corrected chi connectivity index (χ1v) is 6.50. The molecule has 104 valence electrons. The van der Waals surface area contributed by atoms with Crippen LogP contribution in [0.25, 0.3) is 0 Å². The molecule has 1 saturated heterocycles. The molecule has 6 nitrogen and oxygen atoms in total. The summed E-state index contributed by atoms with van der Waals surface area (Å²) in [5.41, 5.74) is 0.863. The smallest absolute Gasteiger partial charge is 0.308 e. The van der Waals surface area contributed by atoms with Crippen LogP contribution in [0.15, 0.2) is 6.33 Å². The van der Waals surface area contributed by atoms with Crippen molar-refractivity contribution in [2.24, 2.45) is 5.92 Å². The summed E-state index contributed by atoms with van der Waals surface area (Å²) in [4.78, 5) is 21.6. The number of aliphatic carboxylic acids is 1. The standard InChI is InChI=1S/C13H19N3O3/c1-4-19-12-8(2)11(14-7-15-12)16-6-5-10(9(16)3)13(17)18/h7,9-10H,4-6H2,1-3H3,(H,17,18). The van der Waals surface area contributed by atoms with Gasteiger partial charge in [0.15, 0.2) is 0 Å². The molecule has 0 spiro atoms. The number of anilines is 1. The molecule has 1 aromatic heterocycles. The fraction of sp³-hybridized carbons (Fsp3) is 0.615. The second-order valence-corrected chi connectivity index (χ2v) is 4.73. The van der Waals surface area contributed by atoms with Gasteiger partial charge in [-0.3, -0.25) is 4.79 Å². The Morgan fingerprint density at radius 3 is 2.89 bits per heavy atom.